The van der Waals surface area contributed by atoms with Crippen molar-refractivity contribution in [1.82, 2.24) is 4.98 Å². The summed E-state index contributed by atoms with van der Waals surface area (Å²) >= 11 is 1.36. The molecule has 0 spiro atoms. The van der Waals surface area contributed by atoms with Crippen molar-refractivity contribution in [3.63, 3.8) is 0 Å². The van der Waals surface area contributed by atoms with E-state index in [9.17, 15) is 4.79 Å². The highest BCUT2D eigenvalue weighted by Gasteiger charge is 2.20. The Morgan fingerprint density at radius 3 is 2.73 bits per heavy atom. The number of benzene rings is 1. The van der Waals surface area contributed by atoms with Gasteiger partial charge in [-0.15, -0.1) is 11.3 Å². The summed E-state index contributed by atoms with van der Waals surface area (Å²) in [7, 11) is 0. The highest BCUT2D eigenvalue weighted by molar-refractivity contribution is 7.13. The largest absolute Gasteiger partial charge is 0.478 e. The molecule has 1 aromatic heterocycles. The maximum absolute atomic E-state index is 12.0. The van der Waals surface area contributed by atoms with Crippen molar-refractivity contribution in [3.8, 4) is 17.0 Å². The molecule has 0 saturated carbocycles. The number of carbonyl (C=O) groups excluding carboxylic acids is 1. The van der Waals surface area contributed by atoms with Gasteiger partial charge in [0.2, 0.25) is 0 Å². The molecule has 5 nitrogen and oxygen atoms in total. The molecule has 2 N–H and O–H groups in total. The van der Waals surface area contributed by atoms with Gasteiger partial charge in [-0.05, 0) is 32.4 Å². The Morgan fingerprint density at radius 2 is 2.09 bits per heavy atom. The van der Waals surface area contributed by atoms with Crippen molar-refractivity contribution in [2.24, 2.45) is 0 Å². The summed E-state index contributed by atoms with van der Waals surface area (Å²) in [5.74, 6) is 0.211. The van der Waals surface area contributed by atoms with E-state index < -0.39 is 6.10 Å². The minimum absolute atomic E-state index is 0.118. The summed E-state index contributed by atoms with van der Waals surface area (Å²) in [5, 5.41) is 2.36. The highest BCUT2D eigenvalue weighted by atomic mass is 32.1. The van der Waals surface area contributed by atoms with Crippen molar-refractivity contribution in [1.29, 1.82) is 0 Å². The van der Waals surface area contributed by atoms with Gasteiger partial charge < -0.3 is 15.2 Å². The predicted octanol–water partition coefficient (Wildman–Crippen LogP) is 3.50. The van der Waals surface area contributed by atoms with Gasteiger partial charge >= 0.3 is 5.97 Å². The van der Waals surface area contributed by atoms with Gasteiger partial charge in [-0.1, -0.05) is 19.1 Å². The maximum atomic E-state index is 12.0. The van der Waals surface area contributed by atoms with Gasteiger partial charge in [-0.25, -0.2) is 9.78 Å². The fourth-order valence-corrected chi connectivity index (χ4v) is 2.37. The Labute approximate surface area is 134 Å². The number of rotatable bonds is 6. The number of aromatic nitrogens is 1. The van der Waals surface area contributed by atoms with Gasteiger partial charge in [0.15, 0.2) is 11.2 Å². The predicted molar refractivity (Wildman–Crippen MR) is 87.9 cm³/mol. The minimum atomic E-state index is -0.689. The zero-order valence-electron chi connectivity index (χ0n) is 12.9. The number of hydrogen-bond acceptors (Lipinski definition) is 6. The molecule has 22 heavy (non-hydrogen) atoms. The van der Waals surface area contributed by atoms with E-state index in [4.69, 9.17) is 15.2 Å². The fraction of sp³-hybridized carbons (Fsp3) is 0.375. The van der Waals surface area contributed by atoms with E-state index in [2.05, 4.69) is 4.98 Å². The van der Waals surface area contributed by atoms with Gasteiger partial charge in [0, 0.05) is 10.9 Å². The summed E-state index contributed by atoms with van der Waals surface area (Å²) in [6, 6.07) is 7.43. The average molecular weight is 320 g/mol. The molecular weight excluding hydrogens is 300 g/mol. The fourth-order valence-electron chi connectivity index (χ4n) is 1.81. The molecule has 0 radical (unpaired) electrons. The van der Waals surface area contributed by atoms with Crippen LogP contribution in [0.2, 0.25) is 0 Å². The van der Waals surface area contributed by atoms with E-state index in [0.717, 1.165) is 17.7 Å². The monoisotopic (exact) mass is 320 g/mol. The van der Waals surface area contributed by atoms with Crippen LogP contribution < -0.4 is 10.5 Å². The van der Waals surface area contributed by atoms with Gasteiger partial charge in [0.05, 0.1) is 11.8 Å². The summed E-state index contributed by atoms with van der Waals surface area (Å²) < 4.78 is 11.1. The Balaban J connectivity index is 2.14. The zero-order valence-corrected chi connectivity index (χ0v) is 13.7. The molecule has 0 aliphatic rings. The topological polar surface area (TPSA) is 74.4 Å². The number of thiazole rings is 1. The third kappa shape index (κ3) is 3.98. The van der Waals surface area contributed by atoms with Crippen LogP contribution in [-0.4, -0.2) is 23.2 Å². The molecule has 2 atom stereocenters. The quantitative estimate of drug-likeness (QED) is 0.825. The molecule has 0 amide bonds. The molecule has 2 aromatic rings. The third-order valence-corrected chi connectivity index (χ3v) is 3.89. The first-order chi connectivity index (χ1) is 10.5. The Kier molecular flexibility index (Phi) is 5.38. The molecule has 0 fully saturated rings. The Bertz CT molecular complexity index is 642. The van der Waals surface area contributed by atoms with Crippen molar-refractivity contribution in [2.75, 3.05) is 5.73 Å². The number of esters is 1. The van der Waals surface area contributed by atoms with E-state index in [1.807, 2.05) is 37.4 Å². The molecule has 0 bridgehead atoms. The van der Waals surface area contributed by atoms with Gasteiger partial charge in [0.1, 0.15) is 5.75 Å². The molecule has 0 aliphatic heterocycles. The molecule has 0 saturated heterocycles. The molecule has 2 rings (SSSR count). The van der Waals surface area contributed by atoms with Gasteiger partial charge in [-0.2, -0.15) is 0 Å². The van der Waals surface area contributed by atoms with Crippen molar-refractivity contribution < 1.29 is 14.3 Å². The number of para-hydroxylation sites is 1. The second-order valence-corrected chi connectivity index (χ2v) is 5.87. The lowest BCUT2D eigenvalue weighted by Crippen LogP contribution is -2.29. The molecular formula is C16H20N2O3S. The van der Waals surface area contributed by atoms with Crippen LogP contribution in [0.3, 0.4) is 0 Å². The van der Waals surface area contributed by atoms with Crippen molar-refractivity contribution >= 4 is 22.4 Å². The number of nitrogen functional groups attached to an aromatic ring is 1. The first-order valence-electron chi connectivity index (χ1n) is 7.18. The molecule has 6 heteroatoms. The SMILES string of the molecule is CCC(C)OC(=O)C(C)Oc1ccccc1-c1csc(N)n1. The lowest BCUT2D eigenvalue weighted by atomic mass is 10.1. The summed E-state index contributed by atoms with van der Waals surface area (Å²) in [6.45, 7) is 5.50. The maximum Gasteiger partial charge on any atom is 0.347 e. The summed E-state index contributed by atoms with van der Waals surface area (Å²) in [6.07, 6.45) is -0.0362. The Morgan fingerprint density at radius 1 is 1.36 bits per heavy atom. The smallest absolute Gasteiger partial charge is 0.347 e. The van der Waals surface area contributed by atoms with Crippen LogP contribution >= 0.6 is 11.3 Å². The third-order valence-electron chi connectivity index (χ3n) is 3.21. The zero-order chi connectivity index (χ0) is 16.1. The number of nitrogens with zero attached hydrogens (tertiary/aromatic N) is 1. The second-order valence-electron chi connectivity index (χ2n) is 4.98. The Hall–Kier alpha value is -2.08. The standard InChI is InChI=1S/C16H20N2O3S/c1-4-10(2)20-15(19)11(3)21-14-8-6-5-7-12(14)13-9-22-16(17)18-13/h5-11H,4H2,1-3H3,(H2,17,18). The highest BCUT2D eigenvalue weighted by Crippen LogP contribution is 2.32. The normalized spacial score (nSPS) is 13.4. The van der Waals surface area contributed by atoms with Crippen molar-refractivity contribution in [2.45, 2.75) is 39.4 Å². The van der Waals surface area contributed by atoms with Crippen LogP contribution in [-0.2, 0) is 9.53 Å². The van der Waals surface area contributed by atoms with Gasteiger partial charge in [-0.3, -0.25) is 0 Å². The molecule has 1 heterocycles. The average Bonchev–Trinajstić information content (AvgIpc) is 2.93. The lowest BCUT2D eigenvalue weighted by Gasteiger charge is -2.18. The van der Waals surface area contributed by atoms with E-state index in [0.29, 0.717) is 10.9 Å². The van der Waals surface area contributed by atoms with Gasteiger partial charge in [0.25, 0.3) is 0 Å². The van der Waals surface area contributed by atoms with Crippen LogP contribution in [0.4, 0.5) is 5.13 Å². The lowest BCUT2D eigenvalue weighted by molar-refractivity contribution is -0.155. The molecule has 0 aliphatic carbocycles. The van der Waals surface area contributed by atoms with Crippen LogP contribution in [0.5, 0.6) is 5.75 Å². The molecule has 2 unspecified atom stereocenters. The number of nitrogens with two attached hydrogens (primary N) is 1. The van der Waals surface area contributed by atoms with E-state index in [-0.39, 0.29) is 12.1 Å². The molecule has 1 aromatic carbocycles. The molecule has 118 valence electrons. The van der Waals surface area contributed by atoms with E-state index in [1.54, 1.807) is 13.0 Å². The number of anilines is 1. The number of hydrogen-bond donors (Lipinski definition) is 1. The van der Waals surface area contributed by atoms with Crippen molar-refractivity contribution in [3.05, 3.63) is 29.6 Å². The number of ether oxygens (including phenoxy) is 2. The minimum Gasteiger partial charge on any atom is -0.478 e. The van der Waals surface area contributed by atoms with E-state index in [1.165, 1.54) is 11.3 Å². The summed E-state index contributed by atoms with van der Waals surface area (Å²) in [4.78, 5) is 16.2. The van der Waals surface area contributed by atoms with E-state index >= 15 is 0 Å². The number of carbonyl (C=O) groups is 1. The van der Waals surface area contributed by atoms with Crippen LogP contribution in [0.15, 0.2) is 29.6 Å². The van der Waals surface area contributed by atoms with Crippen LogP contribution in [0.1, 0.15) is 27.2 Å². The second kappa shape index (κ2) is 7.26. The van der Waals surface area contributed by atoms with Crippen LogP contribution in [0, 0.1) is 0 Å². The van der Waals surface area contributed by atoms with Crippen LogP contribution in [0.25, 0.3) is 11.3 Å². The summed E-state index contributed by atoms with van der Waals surface area (Å²) in [5.41, 5.74) is 7.22. The first-order valence-corrected chi connectivity index (χ1v) is 8.06. The first kappa shape index (κ1) is 16.3.